The van der Waals surface area contributed by atoms with E-state index >= 15 is 0 Å². The molecule has 2 heterocycles. The molecule has 130 valence electrons. The van der Waals surface area contributed by atoms with Crippen molar-refractivity contribution >= 4 is 17.2 Å². The maximum absolute atomic E-state index is 12.5. The first-order valence-corrected chi connectivity index (χ1v) is 9.67. The first-order chi connectivity index (χ1) is 10.9. The van der Waals surface area contributed by atoms with Crippen LogP contribution in [0.3, 0.4) is 0 Å². The molecule has 1 amide bonds. The molecule has 5 heteroatoms. The maximum Gasteiger partial charge on any atom is 0.263 e. The number of nitrogens with zero attached hydrogens (tertiary/aromatic N) is 2. The smallest absolute Gasteiger partial charge is 0.263 e. The molecular weight excluding hydrogens is 306 g/mol. The van der Waals surface area contributed by atoms with E-state index in [1.54, 1.807) is 11.3 Å². The van der Waals surface area contributed by atoms with Gasteiger partial charge in [-0.2, -0.15) is 0 Å². The number of thiazole rings is 1. The Morgan fingerprint density at radius 1 is 1.43 bits per heavy atom. The fraction of sp³-hybridized carbons (Fsp3) is 0.778. The van der Waals surface area contributed by atoms with Gasteiger partial charge in [-0.15, -0.1) is 11.3 Å². The first kappa shape index (κ1) is 18.4. The minimum Gasteiger partial charge on any atom is -0.350 e. The van der Waals surface area contributed by atoms with Gasteiger partial charge in [0.1, 0.15) is 4.88 Å². The van der Waals surface area contributed by atoms with Gasteiger partial charge in [-0.25, -0.2) is 4.98 Å². The van der Waals surface area contributed by atoms with Crippen molar-refractivity contribution in [2.24, 2.45) is 11.8 Å². The summed E-state index contributed by atoms with van der Waals surface area (Å²) in [6.45, 7) is 13.8. The molecule has 2 unspecified atom stereocenters. The van der Waals surface area contributed by atoms with Gasteiger partial charge in [-0.3, -0.25) is 9.69 Å². The van der Waals surface area contributed by atoms with Gasteiger partial charge >= 0.3 is 0 Å². The molecule has 0 bridgehead atoms. The Balaban J connectivity index is 1.88. The van der Waals surface area contributed by atoms with Crippen molar-refractivity contribution in [1.29, 1.82) is 0 Å². The van der Waals surface area contributed by atoms with Crippen LogP contribution in [0.2, 0.25) is 0 Å². The molecule has 1 aliphatic heterocycles. The van der Waals surface area contributed by atoms with Gasteiger partial charge in [0.25, 0.3) is 5.91 Å². The zero-order chi connectivity index (χ0) is 17.0. The average Bonchev–Trinajstić information content (AvgIpc) is 2.84. The summed E-state index contributed by atoms with van der Waals surface area (Å²) in [5.74, 6) is 1.37. The molecule has 1 saturated heterocycles. The summed E-state index contributed by atoms with van der Waals surface area (Å²) in [4.78, 5) is 20.3. The van der Waals surface area contributed by atoms with E-state index in [9.17, 15) is 4.79 Å². The number of aromatic nitrogens is 1. The highest BCUT2D eigenvalue weighted by Crippen LogP contribution is 2.21. The van der Waals surface area contributed by atoms with Gasteiger partial charge in [0.05, 0.1) is 10.7 Å². The SMILES string of the molecule is Cc1nc(CC(C)C)sc1C(=O)NCC(C)N1CCCC(C)C1. The quantitative estimate of drug-likeness (QED) is 0.864. The van der Waals surface area contributed by atoms with Crippen LogP contribution in [0.25, 0.3) is 0 Å². The summed E-state index contributed by atoms with van der Waals surface area (Å²) >= 11 is 1.55. The summed E-state index contributed by atoms with van der Waals surface area (Å²) in [7, 11) is 0. The topological polar surface area (TPSA) is 45.2 Å². The molecule has 0 saturated carbocycles. The lowest BCUT2D eigenvalue weighted by molar-refractivity contribution is 0.0920. The normalized spacial score (nSPS) is 20.7. The van der Waals surface area contributed by atoms with Crippen molar-refractivity contribution in [3.8, 4) is 0 Å². The highest BCUT2D eigenvalue weighted by molar-refractivity contribution is 7.13. The molecule has 0 aromatic carbocycles. The second-order valence-electron chi connectivity index (χ2n) is 7.42. The van der Waals surface area contributed by atoms with E-state index in [0.29, 0.717) is 18.5 Å². The zero-order valence-corrected chi connectivity index (χ0v) is 16.0. The summed E-state index contributed by atoms with van der Waals surface area (Å²) in [6, 6.07) is 0.394. The van der Waals surface area contributed by atoms with E-state index in [4.69, 9.17) is 0 Å². The molecule has 2 atom stereocenters. The van der Waals surface area contributed by atoms with Crippen molar-refractivity contribution < 1.29 is 4.79 Å². The minimum absolute atomic E-state index is 0.0342. The van der Waals surface area contributed by atoms with Gasteiger partial charge in [-0.05, 0) is 45.1 Å². The zero-order valence-electron chi connectivity index (χ0n) is 15.2. The highest BCUT2D eigenvalue weighted by Gasteiger charge is 2.22. The van der Waals surface area contributed by atoms with Crippen LogP contribution in [0.5, 0.6) is 0 Å². The maximum atomic E-state index is 12.5. The van der Waals surface area contributed by atoms with Crippen molar-refractivity contribution in [1.82, 2.24) is 15.2 Å². The fourth-order valence-corrected chi connectivity index (χ4v) is 4.37. The molecule has 2 rings (SSSR count). The third-order valence-corrected chi connectivity index (χ3v) is 5.68. The van der Waals surface area contributed by atoms with Crippen LogP contribution >= 0.6 is 11.3 Å². The predicted molar refractivity (Wildman–Crippen MR) is 97.2 cm³/mol. The molecule has 0 spiro atoms. The Morgan fingerprint density at radius 3 is 2.83 bits per heavy atom. The second kappa shape index (κ2) is 8.25. The van der Waals surface area contributed by atoms with Crippen molar-refractivity contribution in [3.05, 3.63) is 15.6 Å². The molecular formula is C18H31N3OS. The van der Waals surface area contributed by atoms with E-state index in [0.717, 1.165) is 41.0 Å². The Hall–Kier alpha value is -0.940. The number of piperidine rings is 1. The average molecular weight is 338 g/mol. The monoisotopic (exact) mass is 337 g/mol. The summed E-state index contributed by atoms with van der Waals surface area (Å²) in [6.07, 6.45) is 3.54. The number of carbonyl (C=O) groups is 1. The molecule has 1 fully saturated rings. The Morgan fingerprint density at radius 2 is 2.17 bits per heavy atom. The van der Waals surface area contributed by atoms with Gasteiger partial charge in [-0.1, -0.05) is 20.8 Å². The van der Waals surface area contributed by atoms with Gasteiger partial charge in [0.15, 0.2) is 0 Å². The number of likely N-dealkylation sites (tertiary alicyclic amines) is 1. The van der Waals surface area contributed by atoms with Crippen LogP contribution in [0.4, 0.5) is 0 Å². The highest BCUT2D eigenvalue weighted by atomic mass is 32.1. The van der Waals surface area contributed by atoms with Crippen LogP contribution in [0.1, 0.15) is 60.9 Å². The van der Waals surface area contributed by atoms with Crippen molar-refractivity contribution in [2.75, 3.05) is 19.6 Å². The lowest BCUT2D eigenvalue weighted by Gasteiger charge is -2.35. The van der Waals surface area contributed by atoms with E-state index in [-0.39, 0.29) is 5.91 Å². The third-order valence-electron chi connectivity index (χ3n) is 4.50. The largest absolute Gasteiger partial charge is 0.350 e. The fourth-order valence-electron chi connectivity index (χ4n) is 3.18. The molecule has 1 aromatic heterocycles. The minimum atomic E-state index is 0.0342. The Labute approximate surface area is 144 Å². The van der Waals surface area contributed by atoms with E-state index in [1.165, 1.54) is 12.8 Å². The lowest BCUT2D eigenvalue weighted by Crippen LogP contribution is -2.46. The lowest BCUT2D eigenvalue weighted by atomic mass is 9.99. The van der Waals surface area contributed by atoms with Crippen LogP contribution in [0.15, 0.2) is 0 Å². The van der Waals surface area contributed by atoms with E-state index in [1.807, 2.05) is 6.92 Å². The number of rotatable bonds is 6. The molecule has 0 aliphatic carbocycles. The Kier molecular flexibility index (Phi) is 6.60. The van der Waals surface area contributed by atoms with Crippen molar-refractivity contribution in [2.45, 2.75) is 59.9 Å². The number of amides is 1. The van der Waals surface area contributed by atoms with Gasteiger partial charge in [0, 0.05) is 25.6 Å². The number of aryl methyl sites for hydroxylation is 1. The van der Waals surface area contributed by atoms with Gasteiger partial charge < -0.3 is 5.32 Å². The van der Waals surface area contributed by atoms with E-state index < -0.39 is 0 Å². The molecule has 1 N–H and O–H groups in total. The van der Waals surface area contributed by atoms with Crippen LogP contribution in [-0.2, 0) is 6.42 Å². The number of carbonyl (C=O) groups excluding carboxylic acids is 1. The van der Waals surface area contributed by atoms with Crippen LogP contribution in [0, 0.1) is 18.8 Å². The molecule has 1 aliphatic rings. The predicted octanol–water partition coefficient (Wildman–Crippen LogP) is 3.50. The van der Waals surface area contributed by atoms with Crippen LogP contribution in [-0.4, -0.2) is 41.5 Å². The van der Waals surface area contributed by atoms with Crippen molar-refractivity contribution in [3.63, 3.8) is 0 Å². The van der Waals surface area contributed by atoms with Gasteiger partial charge in [0.2, 0.25) is 0 Å². The standard InChI is InChI=1S/C18H31N3OS/c1-12(2)9-16-20-15(5)17(23-16)18(22)19-10-14(4)21-8-6-7-13(3)11-21/h12-14H,6-11H2,1-5H3,(H,19,22). The number of nitrogens with one attached hydrogen (secondary N) is 1. The summed E-state index contributed by atoms with van der Waals surface area (Å²) < 4.78 is 0. The molecule has 23 heavy (non-hydrogen) atoms. The van der Waals surface area contributed by atoms with Crippen LogP contribution < -0.4 is 5.32 Å². The Bertz CT molecular complexity index is 526. The first-order valence-electron chi connectivity index (χ1n) is 8.85. The summed E-state index contributed by atoms with van der Waals surface area (Å²) in [5.41, 5.74) is 0.863. The van der Waals surface area contributed by atoms with E-state index in [2.05, 4.69) is 42.9 Å². The molecule has 0 radical (unpaired) electrons. The molecule has 1 aromatic rings. The number of hydrogen-bond donors (Lipinski definition) is 1. The second-order valence-corrected chi connectivity index (χ2v) is 8.51. The number of hydrogen-bond acceptors (Lipinski definition) is 4. The third kappa shape index (κ3) is 5.28. The summed E-state index contributed by atoms with van der Waals surface area (Å²) in [5, 5.41) is 4.18. The molecule has 4 nitrogen and oxygen atoms in total.